The first-order chi connectivity index (χ1) is 9.12. The normalized spacial score (nSPS) is 17.3. The zero-order chi connectivity index (χ0) is 13.7. The maximum Gasteiger partial charge on any atom is 0.279 e. The molecule has 0 saturated carbocycles. The van der Waals surface area contributed by atoms with Crippen LogP contribution in [-0.2, 0) is 16.8 Å². The van der Waals surface area contributed by atoms with Crippen LogP contribution in [0, 0.1) is 0 Å². The van der Waals surface area contributed by atoms with E-state index < -0.39 is 10.2 Å². The van der Waals surface area contributed by atoms with Crippen LogP contribution in [0.5, 0.6) is 5.75 Å². The average molecular weight is 302 g/mol. The Morgan fingerprint density at radius 2 is 1.89 bits per heavy atom. The van der Waals surface area contributed by atoms with Gasteiger partial charge in [0.1, 0.15) is 5.75 Å². The molecule has 0 aromatic heterocycles. The molecule has 0 radical (unpaired) electrons. The number of methoxy groups -OCH3 is 1. The number of thioether (sulfide) groups is 1. The Hall–Kier alpha value is -0.760. The second-order valence-electron chi connectivity index (χ2n) is 4.19. The van der Waals surface area contributed by atoms with Crippen LogP contribution in [0.2, 0.25) is 0 Å². The third-order valence-corrected chi connectivity index (χ3v) is 5.42. The van der Waals surface area contributed by atoms with Crippen LogP contribution in [0.3, 0.4) is 0 Å². The summed E-state index contributed by atoms with van der Waals surface area (Å²) in [6.45, 7) is 1.47. The van der Waals surface area contributed by atoms with E-state index in [4.69, 9.17) is 4.74 Å². The molecule has 0 amide bonds. The van der Waals surface area contributed by atoms with E-state index in [2.05, 4.69) is 4.72 Å². The first kappa shape index (κ1) is 14.6. The summed E-state index contributed by atoms with van der Waals surface area (Å²) in [6, 6.07) is 7.35. The van der Waals surface area contributed by atoms with E-state index in [0.29, 0.717) is 19.6 Å². The fraction of sp³-hybridized carbons (Fsp3) is 0.500. The molecule has 106 valence electrons. The summed E-state index contributed by atoms with van der Waals surface area (Å²) in [4.78, 5) is 0. The van der Waals surface area contributed by atoms with Gasteiger partial charge in [-0.05, 0) is 17.7 Å². The van der Waals surface area contributed by atoms with E-state index in [1.807, 2.05) is 24.3 Å². The highest BCUT2D eigenvalue weighted by Crippen LogP contribution is 2.14. The SMILES string of the molecule is COc1ccc(CNS(=O)(=O)N2CCSCC2)cc1. The molecule has 1 aliphatic rings. The van der Waals surface area contributed by atoms with Gasteiger partial charge in [-0.2, -0.15) is 29.2 Å². The third kappa shape index (κ3) is 4.10. The predicted molar refractivity (Wildman–Crippen MR) is 77.7 cm³/mol. The van der Waals surface area contributed by atoms with Crippen molar-refractivity contribution in [2.45, 2.75) is 6.54 Å². The van der Waals surface area contributed by atoms with Crippen LogP contribution in [0.4, 0.5) is 0 Å². The lowest BCUT2D eigenvalue weighted by Gasteiger charge is -2.25. The van der Waals surface area contributed by atoms with Gasteiger partial charge in [0.15, 0.2) is 0 Å². The van der Waals surface area contributed by atoms with Crippen LogP contribution in [0.25, 0.3) is 0 Å². The van der Waals surface area contributed by atoms with Gasteiger partial charge in [-0.3, -0.25) is 0 Å². The maximum atomic E-state index is 12.1. The van der Waals surface area contributed by atoms with E-state index in [9.17, 15) is 8.42 Å². The van der Waals surface area contributed by atoms with Crippen molar-refractivity contribution in [1.29, 1.82) is 0 Å². The zero-order valence-electron chi connectivity index (χ0n) is 10.8. The lowest BCUT2D eigenvalue weighted by molar-refractivity contribution is 0.414. The first-order valence-corrected chi connectivity index (χ1v) is 8.67. The van der Waals surface area contributed by atoms with E-state index >= 15 is 0 Å². The second-order valence-corrected chi connectivity index (χ2v) is 7.17. The lowest BCUT2D eigenvalue weighted by atomic mass is 10.2. The van der Waals surface area contributed by atoms with Crippen molar-refractivity contribution in [2.75, 3.05) is 31.7 Å². The number of nitrogens with one attached hydrogen (secondary N) is 1. The molecule has 0 bridgehead atoms. The van der Waals surface area contributed by atoms with Gasteiger partial charge >= 0.3 is 0 Å². The van der Waals surface area contributed by atoms with Gasteiger partial charge in [-0.25, -0.2) is 0 Å². The standard InChI is InChI=1S/C12H18N2O3S2/c1-17-12-4-2-11(3-5-12)10-13-19(15,16)14-6-8-18-9-7-14/h2-5,13H,6-10H2,1H3. The van der Waals surface area contributed by atoms with Gasteiger partial charge in [-0.1, -0.05) is 12.1 Å². The summed E-state index contributed by atoms with van der Waals surface area (Å²) in [5.74, 6) is 2.49. The average Bonchev–Trinajstić information content (AvgIpc) is 2.47. The van der Waals surface area contributed by atoms with Crippen LogP contribution in [0.15, 0.2) is 24.3 Å². The summed E-state index contributed by atoms with van der Waals surface area (Å²) in [6.07, 6.45) is 0. The van der Waals surface area contributed by atoms with Crippen LogP contribution in [-0.4, -0.2) is 44.4 Å². The van der Waals surface area contributed by atoms with Crippen molar-refractivity contribution >= 4 is 22.0 Å². The molecule has 1 saturated heterocycles. The highest BCUT2D eigenvalue weighted by atomic mass is 32.2. The highest BCUT2D eigenvalue weighted by molar-refractivity contribution is 7.99. The van der Waals surface area contributed by atoms with Gasteiger partial charge in [0.2, 0.25) is 0 Å². The Bertz CT molecular complexity index is 496. The summed E-state index contributed by atoms with van der Waals surface area (Å²) >= 11 is 1.79. The third-order valence-electron chi connectivity index (χ3n) is 2.93. The smallest absolute Gasteiger partial charge is 0.279 e. The van der Waals surface area contributed by atoms with Crippen molar-refractivity contribution in [3.63, 3.8) is 0 Å². The van der Waals surface area contributed by atoms with Crippen molar-refractivity contribution in [2.24, 2.45) is 0 Å². The summed E-state index contributed by atoms with van der Waals surface area (Å²) in [5.41, 5.74) is 0.913. The molecule has 1 N–H and O–H groups in total. The molecule has 1 aromatic carbocycles. The predicted octanol–water partition coefficient (Wildman–Crippen LogP) is 1.08. The molecular formula is C12H18N2O3S2. The molecule has 7 heteroatoms. The Labute approximate surface area is 118 Å². The van der Waals surface area contributed by atoms with Crippen LogP contribution in [0.1, 0.15) is 5.56 Å². The minimum atomic E-state index is -3.36. The lowest BCUT2D eigenvalue weighted by Crippen LogP contribution is -2.44. The molecule has 19 heavy (non-hydrogen) atoms. The minimum absolute atomic E-state index is 0.302. The van der Waals surface area contributed by atoms with Crippen molar-refractivity contribution in [1.82, 2.24) is 9.03 Å². The highest BCUT2D eigenvalue weighted by Gasteiger charge is 2.23. The summed E-state index contributed by atoms with van der Waals surface area (Å²) in [7, 11) is -1.76. The molecule has 0 aliphatic carbocycles. The number of benzene rings is 1. The molecule has 1 heterocycles. The van der Waals surface area contributed by atoms with E-state index in [1.54, 1.807) is 18.9 Å². The molecule has 1 fully saturated rings. The maximum absolute atomic E-state index is 12.1. The van der Waals surface area contributed by atoms with E-state index in [-0.39, 0.29) is 0 Å². The number of nitrogens with zero attached hydrogens (tertiary/aromatic N) is 1. The fourth-order valence-corrected chi connectivity index (χ4v) is 4.13. The van der Waals surface area contributed by atoms with Gasteiger partial charge in [-0.15, -0.1) is 0 Å². The fourth-order valence-electron chi connectivity index (χ4n) is 1.80. The van der Waals surface area contributed by atoms with E-state index in [0.717, 1.165) is 22.8 Å². The van der Waals surface area contributed by atoms with Crippen molar-refractivity contribution < 1.29 is 13.2 Å². The molecule has 0 atom stereocenters. The molecular weight excluding hydrogens is 284 g/mol. The molecule has 5 nitrogen and oxygen atoms in total. The quantitative estimate of drug-likeness (QED) is 0.884. The van der Waals surface area contributed by atoms with Gasteiger partial charge < -0.3 is 4.74 Å². The first-order valence-electron chi connectivity index (χ1n) is 6.07. The topological polar surface area (TPSA) is 58.6 Å². The van der Waals surface area contributed by atoms with Crippen LogP contribution < -0.4 is 9.46 Å². The second kappa shape index (κ2) is 6.60. The molecule has 0 spiro atoms. The molecule has 2 rings (SSSR count). The van der Waals surface area contributed by atoms with Crippen LogP contribution >= 0.6 is 11.8 Å². The van der Waals surface area contributed by atoms with E-state index in [1.165, 1.54) is 4.31 Å². The minimum Gasteiger partial charge on any atom is -0.497 e. The molecule has 1 aromatic rings. The van der Waals surface area contributed by atoms with Crippen molar-refractivity contribution in [3.8, 4) is 5.75 Å². The summed E-state index contributed by atoms with van der Waals surface area (Å²) in [5, 5.41) is 0. The number of ether oxygens (including phenoxy) is 1. The Balaban J connectivity index is 1.92. The number of rotatable bonds is 5. The summed E-state index contributed by atoms with van der Waals surface area (Å²) < 4.78 is 33.3. The zero-order valence-corrected chi connectivity index (χ0v) is 12.5. The van der Waals surface area contributed by atoms with Gasteiger partial charge in [0.05, 0.1) is 7.11 Å². The number of hydrogen-bond donors (Lipinski definition) is 1. The van der Waals surface area contributed by atoms with Gasteiger partial charge in [0, 0.05) is 31.1 Å². The monoisotopic (exact) mass is 302 g/mol. The van der Waals surface area contributed by atoms with Crippen molar-refractivity contribution in [3.05, 3.63) is 29.8 Å². The Morgan fingerprint density at radius 3 is 2.47 bits per heavy atom. The van der Waals surface area contributed by atoms with Gasteiger partial charge in [0.25, 0.3) is 10.2 Å². The Morgan fingerprint density at radius 1 is 1.26 bits per heavy atom. The number of hydrogen-bond acceptors (Lipinski definition) is 4. The Kier molecular flexibility index (Phi) is 5.09. The molecule has 1 aliphatic heterocycles. The molecule has 0 unspecified atom stereocenters. The largest absolute Gasteiger partial charge is 0.497 e.